The number of ether oxygens (including phenoxy) is 1. The molecule has 3 fully saturated rings. The number of carbonyl (C=O) groups is 2. The molecular formula is C10H12O3. The number of hydrogen-bond acceptors (Lipinski definition) is 3. The van der Waals surface area contributed by atoms with E-state index in [0.29, 0.717) is 11.8 Å². The average molecular weight is 180 g/mol. The van der Waals surface area contributed by atoms with Gasteiger partial charge >= 0.3 is 0 Å². The maximum absolute atomic E-state index is 11.1. The molecule has 6 atom stereocenters. The number of carbonyl (C=O) groups excluding carboxylic acids is 2. The van der Waals surface area contributed by atoms with Crippen LogP contribution in [0.5, 0.6) is 0 Å². The van der Waals surface area contributed by atoms with Crippen molar-refractivity contribution in [1.29, 1.82) is 0 Å². The summed E-state index contributed by atoms with van der Waals surface area (Å²) in [6.45, 7) is 3.24. The van der Waals surface area contributed by atoms with Crippen LogP contribution in [0, 0.1) is 23.7 Å². The summed E-state index contributed by atoms with van der Waals surface area (Å²) >= 11 is 0. The van der Waals surface area contributed by atoms with Crippen molar-refractivity contribution >= 4 is 11.6 Å². The standard InChI is InChI=1S/C10H12O3/c1-3(11)5-7-8-6(4(2)12)10(8)13-9(5)7/h5-10H,1-2H3/t5-,6-,7+,8+,9+,10+/m0/s1. The highest BCUT2D eigenvalue weighted by Crippen LogP contribution is 2.68. The van der Waals surface area contributed by atoms with Crippen molar-refractivity contribution < 1.29 is 14.3 Å². The topological polar surface area (TPSA) is 43.4 Å². The van der Waals surface area contributed by atoms with E-state index in [0.717, 1.165) is 0 Å². The Morgan fingerprint density at radius 3 is 1.62 bits per heavy atom. The SMILES string of the molecule is CC(=O)[C@@H]1[C@H]2O[C@@H]3[C@@H](C(C)=O)[C@@H]3[C@H]21. The predicted molar refractivity (Wildman–Crippen MR) is 44.0 cm³/mol. The van der Waals surface area contributed by atoms with E-state index in [1.54, 1.807) is 13.8 Å². The first kappa shape index (κ1) is 7.68. The van der Waals surface area contributed by atoms with Gasteiger partial charge in [0.15, 0.2) is 0 Å². The van der Waals surface area contributed by atoms with Crippen molar-refractivity contribution in [1.82, 2.24) is 0 Å². The highest BCUT2D eigenvalue weighted by Gasteiger charge is 2.77. The van der Waals surface area contributed by atoms with Gasteiger partial charge in [0.25, 0.3) is 0 Å². The van der Waals surface area contributed by atoms with Crippen molar-refractivity contribution in [3.05, 3.63) is 0 Å². The zero-order chi connectivity index (χ0) is 9.33. The maximum Gasteiger partial charge on any atom is 0.135 e. The van der Waals surface area contributed by atoms with E-state index in [9.17, 15) is 9.59 Å². The zero-order valence-corrected chi connectivity index (χ0v) is 7.69. The number of rotatable bonds is 2. The maximum atomic E-state index is 11.1. The molecule has 70 valence electrons. The minimum Gasteiger partial charge on any atom is -0.373 e. The number of ketones is 2. The van der Waals surface area contributed by atoms with Gasteiger partial charge in [-0.25, -0.2) is 0 Å². The third-order valence-corrected chi connectivity index (χ3v) is 3.71. The van der Waals surface area contributed by atoms with E-state index in [1.165, 1.54) is 0 Å². The molecule has 0 aromatic carbocycles. The zero-order valence-electron chi connectivity index (χ0n) is 7.69. The van der Waals surface area contributed by atoms with Gasteiger partial charge in [0.05, 0.1) is 12.2 Å². The molecule has 3 heteroatoms. The molecule has 0 amide bonds. The fourth-order valence-corrected chi connectivity index (χ4v) is 3.06. The van der Waals surface area contributed by atoms with Crippen molar-refractivity contribution in [2.75, 3.05) is 0 Å². The summed E-state index contributed by atoms with van der Waals surface area (Å²) < 4.78 is 5.62. The summed E-state index contributed by atoms with van der Waals surface area (Å²) in [6.07, 6.45) is 0.339. The Balaban J connectivity index is 1.74. The lowest BCUT2D eigenvalue weighted by molar-refractivity contribution is -0.120. The summed E-state index contributed by atoms with van der Waals surface area (Å²) in [7, 11) is 0. The first-order chi connectivity index (χ1) is 6.13. The molecular weight excluding hydrogens is 168 g/mol. The van der Waals surface area contributed by atoms with Gasteiger partial charge in [-0.05, 0) is 13.8 Å². The van der Waals surface area contributed by atoms with Crippen LogP contribution >= 0.6 is 0 Å². The van der Waals surface area contributed by atoms with E-state index in [1.807, 2.05) is 0 Å². The molecule has 0 aromatic heterocycles. The van der Waals surface area contributed by atoms with Crippen molar-refractivity contribution in [2.45, 2.75) is 26.1 Å². The molecule has 0 unspecified atom stereocenters. The highest BCUT2D eigenvalue weighted by atomic mass is 16.5. The van der Waals surface area contributed by atoms with Crippen LogP contribution in [0.2, 0.25) is 0 Å². The van der Waals surface area contributed by atoms with Gasteiger partial charge in [0.2, 0.25) is 0 Å². The van der Waals surface area contributed by atoms with Crippen molar-refractivity contribution in [2.24, 2.45) is 23.7 Å². The monoisotopic (exact) mass is 180 g/mol. The molecule has 0 N–H and O–H groups in total. The molecule has 3 rings (SSSR count). The van der Waals surface area contributed by atoms with Crippen molar-refractivity contribution in [3.63, 3.8) is 0 Å². The number of hydrogen-bond donors (Lipinski definition) is 0. The van der Waals surface area contributed by atoms with Crippen LogP contribution in [0.3, 0.4) is 0 Å². The van der Waals surface area contributed by atoms with Crippen LogP contribution in [-0.4, -0.2) is 23.8 Å². The van der Waals surface area contributed by atoms with Crippen LogP contribution in [-0.2, 0) is 14.3 Å². The van der Waals surface area contributed by atoms with Gasteiger partial charge in [0.1, 0.15) is 11.6 Å². The molecule has 0 spiro atoms. The molecule has 3 nitrogen and oxygen atoms in total. The summed E-state index contributed by atoms with van der Waals surface area (Å²) in [4.78, 5) is 22.2. The first-order valence-electron chi connectivity index (χ1n) is 4.79. The largest absolute Gasteiger partial charge is 0.373 e. The molecule has 2 saturated carbocycles. The molecule has 0 bridgehead atoms. The van der Waals surface area contributed by atoms with Crippen LogP contribution in [0.1, 0.15) is 13.8 Å². The molecule has 2 aliphatic carbocycles. The van der Waals surface area contributed by atoms with E-state index < -0.39 is 0 Å². The van der Waals surface area contributed by atoms with Crippen LogP contribution in [0.25, 0.3) is 0 Å². The summed E-state index contributed by atoms with van der Waals surface area (Å²) in [5.41, 5.74) is 0. The molecule has 1 aliphatic heterocycles. The second-order valence-corrected chi connectivity index (χ2v) is 4.49. The van der Waals surface area contributed by atoms with Gasteiger partial charge in [0, 0.05) is 23.7 Å². The molecule has 3 aliphatic rings. The Hall–Kier alpha value is -0.700. The lowest BCUT2D eigenvalue weighted by Gasteiger charge is -1.98. The fourth-order valence-electron chi connectivity index (χ4n) is 3.06. The van der Waals surface area contributed by atoms with E-state index in [-0.39, 0.29) is 35.6 Å². The summed E-state index contributed by atoms with van der Waals surface area (Å²) in [5, 5.41) is 0. The fraction of sp³-hybridized carbons (Fsp3) is 0.800. The molecule has 0 radical (unpaired) electrons. The second kappa shape index (κ2) is 2.03. The van der Waals surface area contributed by atoms with Gasteiger partial charge < -0.3 is 4.74 Å². The summed E-state index contributed by atoms with van der Waals surface area (Å²) in [6, 6.07) is 0. The third-order valence-electron chi connectivity index (χ3n) is 3.71. The summed E-state index contributed by atoms with van der Waals surface area (Å²) in [5.74, 6) is 1.45. The number of Topliss-reactive ketones (excluding diaryl/α,β-unsaturated/α-hetero) is 2. The normalized spacial score (nSPS) is 55.2. The Bertz CT molecular complexity index is 279. The lowest BCUT2D eigenvalue weighted by atomic mass is 10.1. The van der Waals surface area contributed by atoms with Gasteiger partial charge in [-0.15, -0.1) is 0 Å². The van der Waals surface area contributed by atoms with Crippen LogP contribution < -0.4 is 0 Å². The number of fused-ring (bicyclic) bond motifs is 3. The Kier molecular flexibility index (Phi) is 1.20. The first-order valence-corrected chi connectivity index (χ1v) is 4.79. The Labute approximate surface area is 76.4 Å². The predicted octanol–water partition coefficient (Wildman–Crippen LogP) is 0.424. The second-order valence-electron chi connectivity index (χ2n) is 4.49. The Morgan fingerprint density at radius 2 is 1.31 bits per heavy atom. The Morgan fingerprint density at radius 1 is 0.923 bits per heavy atom. The van der Waals surface area contributed by atoms with Gasteiger partial charge in [-0.1, -0.05) is 0 Å². The van der Waals surface area contributed by atoms with E-state index >= 15 is 0 Å². The highest BCUT2D eigenvalue weighted by molar-refractivity contribution is 5.86. The lowest BCUT2D eigenvalue weighted by Crippen LogP contribution is -2.07. The van der Waals surface area contributed by atoms with Gasteiger partial charge in [-0.2, -0.15) is 0 Å². The third kappa shape index (κ3) is 0.784. The molecule has 1 saturated heterocycles. The van der Waals surface area contributed by atoms with Crippen LogP contribution in [0.15, 0.2) is 0 Å². The minimum atomic E-state index is 0.116. The quantitative estimate of drug-likeness (QED) is 0.618. The van der Waals surface area contributed by atoms with Crippen LogP contribution in [0.4, 0.5) is 0 Å². The van der Waals surface area contributed by atoms with E-state index in [2.05, 4.69) is 0 Å². The molecule has 0 aromatic rings. The minimum absolute atomic E-state index is 0.116. The van der Waals surface area contributed by atoms with E-state index in [4.69, 9.17) is 4.74 Å². The van der Waals surface area contributed by atoms with Crippen molar-refractivity contribution in [3.8, 4) is 0 Å². The molecule has 13 heavy (non-hydrogen) atoms. The average Bonchev–Trinajstić information content (AvgIpc) is 2.86. The smallest absolute Gasteiger partial charge is 0.135 e. The molecule has 1 heterocycles. The van der Waals surface area contributed by atoms with Gasteiger partial charge in [-0.3, -0.25) is 9.59 Å².